The fourth-order valence-electron chi connectivity index (χ4n) is 0.268. The molecule has 0 atom stereocenters. The molecule has 0 aromatic heterocycles. The minimum Gasteiger partial charge on any atom is -0.481 e. The summed E-state index contributed by atoms with van der Waals surface area (Å²) in [5.41, 5.74) is 0. The molecule has 0 saturated carbocycles. The van der Waals surface area contributed by atoms with E-state index < -0.39 is 21.1 Å². The van der Waals surface area contributed by atoms with Crippen molar-refractivity contribution in [2.75, 3.05) is 25.4 Å². The molecule has 0 heterocycles. The second-order valence-electron chi connectivity index (χ2n) is 2.94. The second kappa shape index (κ2) is 11.9. The number of carboxylic acid groups (broad SMARTS) is 1. The van der Waals surface area contributed by atoms with E-state index in [0.717, 1.165) is 6.92 Å². The third kappa shape index (κ3) is 24.9. The molecule has 0 amide bonds. The van der Waals surface area contributed by atoms with E-state index in [0.29, 0.717) is 0 Å². The number of aliphatic hydroxyl groups excluding tert-OH is 4. The number of aliphatic hydroxyl groups is 4. The topological polar surface area (TPSA) is 196 Å². The van der Waals surface area contributed by atoms with Gasteiger partial charge in [0, 0.05) is 6.92 Å². The maximum Gasteiger partial charge on any atom is 0.466 e. The Hall–Kier alpha value is -0.150. The van der Waals surface area contributed by atoms with E-state index in [1.165, 1.54) is 0 Å². The zero-order chi connectivity index (χ0) is 15.4. The SMILES string of the molecule is CC(=O)O.O=P(O)(O)O.OC[P+](CO)(CO)CO. The van der Waals surface area contributed by atoms with Crippen molar-refractivity contribution >= 4 is 21.1 Å². The molecule has 18 heavy (non-hydrogen) atoms. The van der Waals surface area contributed by atoms with Crippen molar-refractivity contribution in [1.82, 2.24) is 0 Å². The fourth-order valence-corrected chi connectivity index (χ4v) is 0.805. The monoisotopic (exact) mass is 313 g/mol. The Morgan fingerprint density at radius 3 is 1.06 bits per heavy atom. The van der Waals surface area contributed by atoms with Crippen LogP contribution < -0.4 is 0 Å². The van der Waals surface area contributed by atoms with Crippen LogP contribution in [0.15, 0.2) is 0 Å². The van der Waals surface area contributed by atoms with Gasteiger partial charge >= 0.3 is 7.82 Å². The lowest BCUT2D eigenvalue weighted by Gasteiger charge is -2.15. The second-order valence-corrected chi connectivity index (χ2v) is 7.78. The quantitative estimate of drug-likeness (QED) is 0.268. The number of hydrogen-bond acceptors (Lipinski definition) is 6. The van der Waals surface area contributed by atoms with Gasteiger partial charge in [0.2, 0.25) is 0 Å². The molecule has 12 heteroatoms. The summed E-state index contributed by atoms with van der Waals surface area (Å²) in [6.45, 7) is 1.08. The van der Waals surface area contributed by atoms with Gasteiger partial charge < -0.3 is 40.2 Å². The zero-order valence-corrected chi connectivity index (χ0v) is 11.4. The third-order valence-electron chi connectivity index (χ3n) is 1.20. The van der Waals surface area contributed by atoms with Crippen molar-refractivity contribution in [3.05, 3.63) is 0 Å². The van der Waals surface area contributed by atoms with Gasteiger partial charge in [-0.3, -0.25) is 4.79 Å². The highest BCUT2D eigenvalue weighted by Crippen LogP contribution is 2.54. The molecule has 0 aliphatic carbocycles. The van der Waals surface area contributed by atoms with Crippen LogP contribution in [0, 0.1) is 0 Å². The van der Waals surface area contributed by atoms with Crippen molar-refractivity contribution < 1.29 is 49.6 Å². The van der Waals surface area contributed by atoms with Crippen molar-refractivity contribution in [2.24, 2.45) is 0 Å². The van der Waals surface area contributed by atoms with Gasteiger partial charge in [0.15, 0.2) is 25.4 Å². The first-order valence-electron chi connectivity index (χ1n) is 4.24. The summed E-state index contributed by atoms with van der Waals surface area (Å²) in [5.74, 6) is -0.833. The van der Waals surface area contributed by atoms with E-state index in [2.05, 4.69) is 0 Å². The summed E-state index contributed by atoms with van der Waals surface area (Å²) in [7, 11) is -6.84. The van der Waals surface area contributed by atoms with Crippen LogP contribution in [0.25, 0.3) is 0 Å². The van der Waals surface area contributed by atoms with Crippen molar-refractivity contribution in [1.29, 1.82) is 0 Å². The van der Waals surface area contributed by atoms with E-state index in [-0.39, 0.29) is 25.4 Å². The van der Waals surface area contributed by atoms with Gasteiger partial charge in [-0.05, 0) is 0 Å². The van der Waals surface area contributed by atoms with Crippen LogP contribution in [0.2, 0.25) is 0 Å². The molecule has 0 aromatic carbocycles. The molecule has 112 valence electrons. The molecule has 0 fully saturated rings. The molecule has 8 N–H and O–H groups in total. The Morgan fingerprint density at radius 2 is 1.06 bits per heavy atom. The van der Waals surface area contributed by atoms with E-state index in [1.54, 1.807) is 0 Å². The highest BCUT2D eigenvalue weighted by Gasteiger charge is 2.34. The molecule has 0 bridgehead atoms. The van der Waals surface area contributed by atoms with Gasteiger partial charge in [-0.25, -0.2) is 4.57 Å². The Labute approximate surface area is 104 Å². The predicted octanol–water partition coefficient (Wildman–Crippen LogP) is -2.03. The van der Waals surface area contributed by atoms with Crippen LogP contribution in [0.5, 0.6) is 0 Å². The first-order chi connectivity index (χ1) is 7.97. The maximum atomic E-state index is 9.00. The lowest BCUT2D eigenvalue weighted by molar-refractivity contribution is -0.134. The average molecular weight is 313 g/mol. The van der Waals surface area contributed by atoms with Gasteiger partial charge in [-0.2, -0.15) is 0 Å². The molecule has 0 aromatic rings. The largest absolute Gasteiger partial charge is 0.481 e. The Bertz CT molecular complexity index is 217. The van der Waals surface area contributed by atoms with Gasteiger partial charge in [-0.1, -0.05) is 0 Å². The maximum absolute atomic E-state index is 9.00. The van der Waals surface area contributed by atoms with Crippen LogP contribution in [0.1, 0.15) is 6.92 Å². The van der Waals surface area contributed by atoms with E-state index in [4.69, 9.17) is 49.6 Å². The lowest BCUT2D eigenvalue weighted by atomic mass is 10.9. The van der Waals surface area contributed by atoms with Crippen molar-refractivity contribution in [3.63, 3.8) is 0 Å². The van der Waals surface area contributed by atoms with Gasteiger partial charge in [0.25, 0.3) is 5.97 Å². The molecule has 0 spiro atoms. The molecule has 0 unspecified atom stereocenters. The zero-order valence-electron chi connectivity index (χ0n) is 9.62. The van der Waals surface area contributed by atoms with Crippen molar-refractivity contribution in [3.8, 4) is 0 Å². The minimum absolute atomic E-state index is 0.295. The standard InChI is InChI=1S/C4H12O4P.C2H4O2.H3O4P/c5-1-9(2-6,3-7)4-8;1-2(3)4;1-5(2,3)4/h5-8H,1-4H2;1H3,(H,3,4);(H3,1,2,3,4)/q+1;;. The Morgan fingerprint density at radius 1 is 0.944 bits per heavy atom. The third-order valence-corrected chi connectivity index (χ3v) is 3.60. The number of phosphoric acid groups is 1. The Kier molecular flexibility index (Phi) is 15.2. The van der Waals surface area contributed by atoms with Crippen LogP contribution in [0.4, 0.5) is 0 Å². The number of hydrogen-bond donors (Lipinski definition) is 8. The van der Waals surface area contributed by atoms with Crippen LogP contribution in [-0.4, -0.2) is 71.6 Å². The molecule has 0 saturated heterocycles. The molecule has 0 aliphatic rings. The first-order valence-corrected chi connectivity index (χ1v) is 8.34. The Balaban J connectivity index is -0.000000212. The summed E-state index contributed by atoms with van der Waals surface area (Å²) in [6.07, 6.45) is -1.18. The highest BCUT2D eigenvalue weighted by molar-refractivity contribution is 7.75. The van der Waals surface area contributed by atoms with E-state index in [1.807, 2.05) is 0 Å². The summed E-state index contributed by atoms with van der Waals surface area (Å²) in [4.78, 5) is 30.6. The number of rotatable bonds is 4. The molecular formula is C6H19O10P2+. The predicted molar refractivity (Wildman–Crippen MR) is 62.8 cm³/mol. The van der Waals surface area contributed by atoms with Crippen LogP contribution >= 0.6 is 15.1 Å². The van der Waals surface area contributed by atoms with Crippen LogP contribution in [-0.2, 0) is 9.36 Å². The summed E-state index contributed by atoms with van der Waals surface area (Å²) in [6, 6.07) is 0. The number of carboxylic acids is 1. The summed E-state index contributed by atoms with van der Waals surface area (Å²) < 4.78 is 8.88. The smallest absolute Gasteiger partial charge is 0.466 e. The first kappa shape index (κ1) is 23.0. The fraction of sp³-hybridized carbons (Fsp3) is 0.833. The lowest BCUT2D eigenvalue weighted by Crippen LogP contribution is -2.10. The van der Waals surface area contributed by atoms with Crippen LogP contribution in [0.3, 0.4) is 0 Å². The van der Waals surface area contributed by atoms with Gasteiger partial charge in [-0.15, -0.1) is 0 Å². The minimum atomic E-state index is -4.64. The normalized spacial score (nSPS) is 10.7. The highest BCUT2D eigenvalue weighted by atomic mass is 31.2. The molecule has 0 aliphatic heterocycles. The summed E-state index contributed by atoms with van der Waals surface area (Å²) >= 11 is 0. The van der Waals surface area contributed by atoms with Gasteiger partial charge in [0.05, 0.1) is 0 Å². The van der Waals surface area contributed by atoms with E-state index >= 15 is 0 Å². The molecule has 0 rings (SSSR count). The van der Waals surface area contributed by atoms with Gasteiger partial charge in [0.1, 0.15) is 7.26 Å². The molecule has 0 radical (unpaired) electrons. The number of aliphatic carboxylic acids is 1. The summed E-state index contributed by atoms with van der Waals surface area (Å²) in [5, 5.41) is 41.6. The average Bonchev–Trinajstić information content (AvgIpc) is 2.19. The van der Waals surface area contributed by atoms with Crippen molar-refractivity contribution in [2.45, 2.75) is 6.92 Å². The molecular weight excluding hydrogens is 294 g/mol. The molecule has 10 nitrogen and oxygen atoms in total. The number of carbonyl (C=O) groups is 1. The van der Waals surface area contributed by atoms with E-state index in [9.17, 15) is 0 Å².